The Kier molecular flexibility index (Phi) is 4.23. The second-order valence-corrected chi connectivity index (χ2v) is 6.45. The highest BCUT2D eigenvalue weighted by atomic mass is 16.4. The molecule has 2 aliphatic rings. The summed E-state index contributed by atoms with van der Waals surface area (Å²) in [6.07, 6.45) is 5.41. The summed E-state index contributed by atoms with van der Waals surface area (Å²) in [5.74, 6) is 1.01. The SMILES string of the molecule is Cc1nnc(-c2ccc(NC(=O)N3CCC(N4CC=CC4)C3)cc2)o1. The van der Waals surface area contributed by atoms with E-state index in [9.17, 15) is 4.79 Å². The molecule has 1 aromatic carbocycles. The maximum atomic E-state index is 12.5. The van der Waals surface area contributed by atoms with Crippen LogP contribution in [0.3, 0.4) is 0 Å². The molecule has 0 radical (unpaired) electrons. The zero-order chi connectivity index (χ0) is 17.2. The van der Waals surface area contributed by atoms with Gasteiger partial charge in [-0.15, -0.1) is 10.2 Å². The molecule has 1 fully saturated rings. The van der Waals surface area contributed by atoms with Crippen molar-refractivity contribution in [2.24, 2.45) is 0 Å². The molecule has 1 N–H and O–H groups in total. The van der Waals surface area contributed by atoms with Crippen molar-refractivity contribution in [1.29, 1.82) is 0 Å². The van der Waals surface area contributed by atoms with Gasteiger partial charge in [0.2, 0.25) is 11.8 Å². The number of aryl methyl sites for hydroxylation is 1. The first-order valence-electron chi connectivity index (χ1n) is 8.54. The van der Waals surface area contributed by atoms with Crippen molar-refractivity contribution in [2.75, 3.05) is 31.5 Å². The van der Waals surface area contributed by atoms with Crippen LogP contribution in [-0.2, 0) is 0 Å². The quantitative estimate of drug-likeness (QED) is 0.870. The van der Waals surface area contributed by atoms with Gasteiger partial charge in [0.05, 0.1) is 0 Å². The first-order valence-corrected chi connectivity index (χ1v) is 8.54. The zero-order valence-electron chi connectivity index (χ0n) is 14.2. The highest BCUT2D eigenvalue weighted by Gasteiger charge is 2.30. The first-order chi connectivity index (χ1) is 12.2. The van der Waals surface area contributed by atoms with Crippen molar-refractivity contribution in [1.82, 2.24) is 20.0 Å². The predicted molar refractivity (Wildman–Crippen MR) is 94.2 cm³/mol. The summed E-state index contributed by atoms with van der Waals surface area (Å²) in [6.45, 7) is 5.33. The van der Waals surface area contributed by atoms with Crippen molar-refractivity contribution >= 4 is 11.7 Å². The molecule has 3 heterocycles. The van der Waals surface area contributed by atoms with Gasteiger partial charge in [-0.05, 0) is 30.7 Å². The lowest BCUT2D eigenvalue weighted by atomic mass is 10.2. The molecule has 2 aliphatic heterocycles. The molecule has 7 heteroatoms. The normalized spacial score (nSPS) is 20.4. The monoisotopic (exact) mass is 339 g/mol. The van der Waals surface area contributed by atoms with Crippen LogP contribution in [0.5, 0.6) is 0 Å². The Morgan fingerprint density at radius 2 is 1.96 bits per heavy atom. The summed E-state index contributed by atoms with van der Waals surface area (Å²) >= 11 is 0. The summed E-state index contributed by atoms with van der Waals surface area (Å²) in [6, 6.07) is 7.85. The van der Waals surface area contributed by atoms with E-state index in [0.717, 1.165) is 43.9 Å². The Balaban J connectivity index is 1.35. The van der Waals surface area contributed by atoms with E-state index in [-0.39, 0.29) is 6.03 Å². The number of aromatic nitrogens is 2. The average molecular weight is 339 g/mol. The van der Waals surface area contributed by atoms with Crippen LogP contribution in [0.25, 0.3) is 11.5 Å². The number of nitrogens with one attached hydrogen (secondary N) is 1. The summed E-state index contributed by atoms with van der Waals surface area (Å²) in [7, 11) is 0. The number of anilines is 1. The van der Waals surface area contributed by atoms with Crippen molar-refractivity contribution in [3.8, 4) is 11.5 Å². The van der Waals surface area contributed by atoms with E-state index in [1.165, 1.54) is 0 Å². The van der Waals surface area contributed by atoms with Gasteiger partial charge in [0, 0.05) is 50.4 Å². The standard InChI is InChI=1S/C18H21N5O2/c1-13-20-21-17(25-13)14-4-6-15(7-5-14)19-18(24)23-11-8-16(12-23)22-9-2-3-10-22/h2-7,16H,8-12H2,1H3,(H,19,24). The molecule has 0 aliphatic carbocycles. The van der Waals surface area contributed by atoms with Gasteiger partial charge in [-0.25, -0.2) is 4.79 Å². The average Bonchev–Trinajstić information content (AvgIpc) is 3.36. The molecule has 4 rings (SSSR count). The lowest BCUT2D eigenvalue weighted by Gasteiger charge is -2.23. The van der Waals surface area contributed by atoms with Crippen LogP contribution in [-0.4, -0.2) is 58.2 Å². The number of carbonyl (C=O) groups is 1. The Labute approximate surface area is 146 Å². The number of carbonyl (C=O) groups excluding carboxylic acids is 1. The van der Waals surface area contributed by atoms with E-state index in [4.69, 9.17) is 4.42 Å². The van der Waals surface area contributed by atoms with Crippen LogP contribution in [0.1, 0.15) is 12.3 Å². The van der Waals surface area contributed by atoms with Crippen molar-refractivity contribution in [3.05, 3.63) is 42.3 Å². The maximum absolute atomic E-state index is 12.5. The van der Waals surface area contributed by atoms with Gasteiger partial charge >= 0.3 is 6.03 Å². The van der Waals surface area contributed by atoms with Crippen LogP contribution in [0, 0.1) is 6.92 Å². The van der Waals surface area contributed by atoms with E-state index in [0.29, 0.717) is 17.8 Å². The molecule has 2 amide bonds. The third-order valence-electron chi connectivity index (χ3n) is 4.72. The molecule has 1 atom stereocenters. The van der Waals surface area contributed by atoms with Gasteiger partial charge in [-0.2, -0.15) is 0 Å². The minimum absolute atomic E-state index is 0.0453. The number of nitrogens with zero attached hydrogens (tertiary/aromatic N) is 4. The molecular formula is C18H21N5O2. The Hall–Kier alpha value is -2.67. The zero-order valence-corrected chi connectivity index (χ0v) is 14.2. The molecule has 1 saturated heterocycles. The highest BCUT2D eigenvalue weighted by Crippen LogP contribution is 2.22. The number of hydrogen-bond acceptors (Lipinski definition) is 5. The first kappa shape index (κ1) is 15.8. The van der Waals surface area contributed by atoms with Gasteiger partial charge < -0.3 is 14.6 Å². The second-order valence-electron chi connectivity index (χ2n) is 6.45. The summed E-state index contributed by atoms with van der Waals surface area (Å²) < 4.78 is 5.40. The third-order valence-corrected chi connectivity index (χ3v) is 4.72. The predicted octanol–water partition coefficient (Wildman–Crippen LogP) is 2.52. The fourth-order valence-corrected chi connectivity index (χ4v) is 3.33. The number of amides is 2. The van der Waals surface area contributed by atoms with E-state index >= 15 is 0 Å². The maximum Gasteiger partial charge on any atom is 0.321 e. The van der Waals surface area contributed by atoms with Gasteiger partial charge in [0.25, 0.3) is 0 Å². The molecule has 0 bridgehead atoms. The molecule has 7 nitrogen and oxygen atoms in total. The van der Waals surface area contributed by atoms with E-state index in [2.05, 4.69) is 32.6 Å². The number of benzene rings is 1. The van der Waals surface area contributed by atoms with Gasteiger partial charge in [-0.1, -0.05) is 12.2 Å². The van der Waals surface area contributed by atoms with Gasteiger partial charge in [-0.3, -0.25) is 4.90 Å². The molecule has 1 unspecified atom stereocenters. The van der Waals surface area contributed by atoms with Crippen LogP contribution in [0.15, 0.2) is 40.8 Å². The number of rotatable bonds is 3. The molecule has 2 aromatic rings. The molecule has 0 saturated carbocycles. The summed E-state index contributed by atoms with van der Waals surface area (Å²) in [5.41, 5.74) is 1.60. The van der Waals surface area contributed by atoms with E-state index in [1.807, 2.05) is 29.2 Å². The van der Waals surface area contributed by atoms with Crippen molar-refractivity contribution in [2.45, 2.75) is 19.4 Å². The van der Waals surface area contributed by atoms with E-state index in [1.54, 1.807) is 6.92 Å². The van der Waals surface area contributed by atoms with Gasteiger partial charge in [0.1, 0.15) is 0 Å². The minimum Gasteiger partial charge on any atom is -0.421 e. The minimum atomic E-state index is -0.0453. The van der Waals surface area contributed by atoms with Crippen LogP contribution >= 0.6 is 0 Å². The molecule has 1 aromatic heterocycles. The number of urea groups is 1. The Morgan fingerprint density at radius 3 is 2.64 bits per heavy atom. The molecular weight excluding hydrogens is 318 g/mol. The topological polar surface area (TPSA) is 74.5 Å². The number of hydrogen-bond donors (Lipinski definition) is 1. The molecule has 130 valence electrons. The molecule has 25 heavy (non-hydrogen) atoms. The molecule has 0 spiro atoms. The fourth-order valence-electron chi connectivity index (χ4n) is 3.33. The smallest absolute Gasteiger partial charge is 0.321 e. The van der Waals surface area contributed by atoms with Crippen molar-refractivity contribution in [3.63, 3.8) is 0 Å². The van der Waals surface area contributed by atoms with E-state index < -0.39 is 0 Å². The van der Waals surface area contributed by atoms with Gasteiger partial charge in [0.15, 0.2) is 0 Å². The third kappa shape index (κ3) is 3.41. The lowest BCUT2D eigenvalue weighted by Crippen LogP contribution is -2.38. The summed E-state index contributed by atoms with van der Waals surface area (Å²) in [4.78, 5) is 16.8. The van der Waals surface area contributed by atoms with Crippen LogP contribution in [0.2, 0.25) is 0 Å². The fraction of sp³-hybridized carbons (Fsp3) is 0.389. The number of likely N-dealkylation sites (tertiary alicyclic amines) is 1. The Bertz CT molecular complexity index is 775. The second kappa shape index (κ2) is 6.68. The van der Waals surface area contributed by atoms with Crippen LogP contribution in [0.4, 0.5) is 10.5 Å². The van der Waals surface area contributed by atoms with Crippen LogP contribution < -0.4 is 5.32 Å². The highest BCUT2D eigenvalue weighted by molar-refractivity contribution is 5.89. The van der Waals surface area contributed by atoms with Crippen molar-refractivity contribution < 1.29 is 9.21 Å². The lowest BCUT2D eigenvalue weighted by molar-refractivity contribution is 0.212. The Morgan fingerprint density at radius 1 is 1.20 bits per heavy atom. The summed E-state index contributed by atoms with van der Waals surface area (Å²) in [5, 5.41) is 10.8. The largest absolute Gasteiger partial charge is 0.421 e.